The molecule has 0 aromatic heterocycles. The number of carbonyl (C=O) groups excluding carboxylic acids is 2. The molecule has 1 heterocycles. The number of amides is 2. The van der Waals surface area contributed by atoms with Crippen molar-refractivity contribution >= 4 is 12.0 Å². The third-order valence-corrected chi connectivity index (χ3v) is 4.48. The van der Waals surface area contributed by atoms with E-state index in [1.54, 1.807) is 7.11 Å². The summed E-state index contributed by atoms with van der Waals surface area (Å²) in [5.41, 5.74) is 3.04. The van der Waals surface area contributed by atoms with E-state index in [4.69, 9.17) is 9.47 Å². The maximum Gasteiger partial charge on any atom is 0.417 e. The number of methoxy groups -OCH3 is 1. The number of hydrogen-bond acceptors (Lipinski definition) is 4. The predicted octanol–water partition coefficient (Wildman–Crippen LogP) is 3.66. The van der Waals surface area contributed by atoms with Gasteiger partial charge < -0.3 is 9.47 Å². The van der Waals surface area contributed by atoms with Crippen molar-refractivity contribution in [2.24, 2.45) is 0 Å². The highest BCUT2D eigenvalue weighted by Gasteiger charge is 2.38. The number of hydrogen-bond donors (Lipinski definition) is 0. The molecule has 5 heteroatoms. The Bertz CT molecular complexity index is 773. The highest BCUT2D eigenvalue weighted by molar-refractivity contribution is 5.93. The zero-order chi connectivity index (χ0) is 17.8. The number of cyclic esters (lactones) is 1. The van der Waals surface area contributed by atoms with Crippen LogP contribution in [0.25, 0.3) is 0 Å². The molecule has 1 fully saturated rings. The van der Waals surface area contributed by atoms with Gasteiger partial charge in [-0.3, -0.25) is 4.79 Å². The van der Waals surface area contributed by atoms with Crippen molar-refractivity contribution in [3.63, 3.8) is 0 Å². The molecule has 1 aliphatic rings. The van der Waals surface area contributed by atoms with Gasteiger partial charge >= 0.3 is 6.09 Å². The van der Waals surface area contributed by atoms with Crippen LogP contribution >= 0.6 is 0 Å². The normalized spacial score (nSPS) is 16.6. The van der Waals surface area contributed by atoms with E-state index in [1.165, 1.54) is 4.90 Å². The molecule has 3 rings (SSSR count). The second kappa shape index (κ2) is 7.38. The summed E-state index contributed by atoms with van der Waals surface area (Å²) in [7, 11) is 1.63. The van der Waals surface area contributed by atoms with Crippen LogP contribution in [0.15, 0.2) is 48.5 Å². The summed E-state index contributed by atoms with van der Waals surface area (Å²) in [6.45, 7) is 2.19. The van der Waals surface area contributed by atoms with Crippen LogP contribution in [-0.4, -0.2) is 30.6 Å². The first-order valence-corrected chi connectivity index (χ1v) is 8.27. The van der Waals surface area contributed by atoms with Crippen molar-refractivity contribution in [3.8, 4) is 5.75 Å². The summed E-state index contributed by atoms with van der Waals surface area (Å²) in [5, 5.41) is 0. The molecule has 0 spiro atoms. The van der Waals surface area contributed by atoms with E-state index < -0.39 is 6.09 Å². The van der Waals surface area contributed by atoms with Crippen LogP contribution in [0, 0.1) is 6.92 Å². The van der Waals surface area contributed by atoms with E-state index in [9.17, 15) is 9.59 Å². The minimum absolute atomic E-state index is 0.205. The second-order valence-corrected chi connectivity index (χ2v) is 6.06. The fourth-order valence-electron chi connectivity index (χ4n) is 3.06. The average molecular weight is 339 g/mol. The molecular formula is C20H21NO4. The first-order chi connectivity index (χ1) is 12.1. The molecule has 2 amide bonds. The van der Waals surface area contributed by atoms with Crippen LogP contribution < -0.4 is 4.74 Å². The molecule has 25 heavy (non-hydrogen) atoms. The summed E-state index contributed by atoms with van der Waals surface area (Å²) >= 11 is 0. The van der Waals surface area contributed by atoms with Crippen LogP contribution in [0.2, 0.25) is 0 Å². The van der Waals surface area contributed by atoms with Crippen LogP contribution in [0.5, 0.6) is 5.75 Å². The molecule has 2 aromatic rings. The number of carbonyl (C=O) groups is 2. The minimum Gasteiger partial charge on any atom is -0.497 e. The lowest BCUT2D eigenvalue weighted by molar-refractivity contribution is -0.129. The van der Waals surface area contributed by atoms with Gasteiger partial charge in [-0.1, -0.05) is 36.4 Å². The Morgan fingerprint density at radius 2 is 2.00 bits per heavy atom. The second-order valence-electron chi connectivity index (χ2n) is 6.06. The van der Waals surface area contributed by atoms with E-state index in [0.717, 1.165) is 22.4 Å². The third-order valence-electron chi connectivity index (χ3n) is 4.48. The molecule has 0 aliphatic carbocycles. The number of imide groups is 1. The average Bonchev–Trinajstić information content (AvgIpc) is 3.02. The van der Waals surface area contributed by atoms with Gasteiger partial charge in [0.1, 0.15) is 18.4 Å². The lowest BCUT2D eigenvalue weighted by Gasteiger charge is -2.20. The molecule has 2 aromatic carbocycles. The minimum atomic E-state index is -0.565. The lowest BCUT2D eigenvalue weighted by Crippen LogP contribution is -2.34. The van der Waals surface area contributed by atoms with Crippen molar-refractivity contribution in [1.82, 2.24) is 4.90 Å². The van der Waals surface area contributed by atoms with Crippen LogP contribution in [0.3, 0.4) is 0 Å². The fraction of sp³-hybridized carbons (Fsp3) is 0.300. The molecule has 0 saturated carbocycles. The molecule has 1 saturated heterocycles. The number of benzene rings is 2. The summed E-state index contributed by atoms with van der Waals surface area (Å²) in [6.07, 6.45) is 0.260. The van der Waals surface area contributed by atoms with E-state index in [0.29, 0.717) is 6.42 Å². The first kappa shape index (κ1) is 17.0. The Balaban J connectivity index is 1.70. The number of rotatable bonds is 5. The van der Waals surface area contributed by atoms with Gasteiger partial charge in [-0.25, -0.2) is 9.69 Å². The van der Waals surface area contributed by atoms with Crippen molar-refractivity contribution in [3.05, 3.63) is 65.2 Å². The fourth-order valence-corrected chi connectivity index (χ4v) is 3.06. The first-order valence-electron chi connectivity index (χ1n) is 8.27. The van der Waals surface area contributed by atoms with Gasteiger partial charge in [-0.2, -0.15) is 0 Å². The highest BCUT2D eigenvalue weighted by atomic mass is 16.6. The maximum absolute atomic E-state index is 12.6. The standard InChI is InChI=1S/C20H21NO4/c1-14-12-17(24-2)10-8-15(14)9-11-19(22)21-18(13-25-20(21)23)16-6-4-3-5-7-16/h3-8,10,12,18H,9,11,13H2,1-2H3/t18-/m0/s1. The van der Waals surface area contributed by atoms with Gasteiger partial charge in [0.25, 0.3) is 0 Å². The van der Waals surface area contributed by atoms with Crippen molar-refractivity contribution in [1.29, 1.82) is 0 Å². The van der Waals surface area contributed by atoms with E-state index in [-0.39, 0.29) is 25.0 Å². The van der Waals surface area contributed by atoms with E-state index in [1.807, 2.05) is 55.5 Å². The summed E-state index contributed by atoms with van der Waals surface area (Å²) < 4.78 is 10.3. The molecule has 0 radical (unpaired) electrons. The van der Waals surface area contributed by atoms with E-state index in [2.05, 4.69) is 0 Å². The molecular weight excluding hydrogens is 318 g/mol. The molecule has 5 nitrogen and oxygen atoms in total. The highest BCUT2D eigenvalue weighted by Crippen LogP contribution is 2.28. The monoisotopic (exact) mass is 339 g/mol. The topological polar surface area (TPSA) is 55.8 Å². The summed E-state index contributed by atoms with van der Waals surface area (Å²) in [5.74, 6) is 0.575. The summed E-state index contributed by atoms with van der Waals surface area (Å²) in [4.78, 5) is 25.9. The van der Waals surface area contributed by atoms with Crippen LogP contribution in [0.1, 0.15) is 29.2 Å². The maximum atomic E-state index is 12.6. The quantitative estimate of drug-likeness (QED) is 0.834. The Hall–Kier alpha value is -2.82. The Morgan fingerprint density at radius 1 is 1.24 bits per heavy atom. The number of ether oxygens (including phenoxy) is 2. The zero-order valence-corrected chi connectivity index (χ0v) is 14.4. The van der Waals surface area contributed by atoms with Crippen molar-refractivity contribution in [2.45, 2.75) is 25.8 Å². The number of nitrogens with zero attached hydrogens (tertiary/aromatic N) is 1. The Labute approximate surface area is 147 Å². The molecule has 1 atom stereocenters. The molecule has 130 valence electrons. The largest absolute Gasteiger partial charge is 0.497 e. The van der Waals surface area contributed by atoms with Gasteiger partial charge in [0.2, 0.25) is 5.91 Å². The van der Waals surface area contributed by atoms with Gasteiger partial charge in [0.15, 0.2) is 0 Å². The summed E-state index contributed by atoms with van der Waals surface area (Å²) in [6, 6.07) is 14.9. The van der Waals surface area contributed by atoms with Crippen LogP contribution in [-0.2, 0) is 16.0 Å². The Morgan fingerprint density at radius 3 is 2.68 bits per heavy atom. The van der Waals surface area contributed by atoms with Gasteiger partial charge in [-0.05, 0) is 42.2 Å². The van der Waals surface area contributed by atoms with E-state index >= 15 is 0 Å². The lowest BCUT2D eigenvalue weighted by atomic mass is 10.0. The zero-order valence-electron chi connectivity index (χ0n) is 14.4. The third kappa shape index (κ3) is 3.65. The van der Waals surface area contributed by atoms with Crippen molar-refractivity contribution < 1.29 is 19.1 Å². The molecule has 0 bridgehead atoms. The van der Waals surface area contributed by atoms with Crippen molar-refractivity contribution in [2.75, 3.05) is 13.7 Å². The predicted molar refractivity (Wildman–Crippen MR) is 93.4 cm³/mol. The SMILES string of the molecule is COc1ccc(CCC(=O)N2C(=O)OC[C@H]2c2ccccc2)c(C)c1. The smallest absolute Gasteiger partial charge is 0.417 e. The number of aryl methyl sites for hydroxylation is 2. The Kier molecular flexibility index (Phi) is 5.03. The molecule has 0 unspecified atom stereocenters. The molecule has 1 aliphatic heterocycles. The van der Waals surface area contributed by atoms with Gasteiger partial charge in [0.05, 0.1) is 7.11 Å². The van der Waals surface area contributed by atoms with Crippen LogP contribution in [0.4, 0.5) is 4.79 Å². The van der Waals surface area contributed by atoms with Gasteiger partial charge in [-0.15, -0.1) is 0 Å². The molecule has 0 N–H and O–H groups in total. The van der Waals surface area contributed by atoms with Gasteiger partial charge in [0, 0.05) is 6.42 Å².